The van der Waals surface area contributed by atoms with Crippen molar-refractivity contribution in [3.8, 4) is 11.5 Å². The molecule has 0 N–H and O–H groups in total. The number of amides is 2. The first-order valence-corrected chi connectivity index (χ1v) is 9.37. The number of imide groups is 1. The highest BCUT2D eigenvalue weighted by Gasteiger charge is 2.34. The molecule has 0 unspecified atom stereocenters. The van der Waals surface area contributed by atoms with Crippen molar-refractivity contribution in [3.05, 3.63) is 27.1 Å². The van der Waals surface area contributed by atoms with Gasteiger partial charge in [0.05, 0.1) is 23.1 Å². The molecule has 6 nitrogen and oxygen atoms in total. The third-order valence-electron chi connectivity index (χ3n) is 3.44. The average Bonchev–Trinajstić information content (AvgIpc) is 2.82. The standard InChI is InChI=1S/C17H20BrNO5S/c1-4-24-13-9-11(8-12(18)15(13)23-3)10-14-16(20)19(17(21)25-14)6-5-7-22-2/h8-10H,4-7H2,1-3H3/b14-10+. The van der Waals surface area contributed by atoms with Gasteiger partial charge >= 0.3 is 0 Å². The van der Waals surface area contributed by atoms with Gasteiger partial charge in [-0.3, -0.25) is 14.5 Å². The second-order valence-electron chi connectivity index (χ2n) is 5.15. The monoisotopic (exact) mass is 429 g/mol. The molecule has 1 fully saturated rings. The smallest absolute Gasteiger partial charge is 0.293 e. The number of carbonyl (C=O) groups excluding carboxylic acids is 2. The van der Waals surface area contributed by atoms with E-state index >= 15 is 0 Å². The maximum atomic E-state index is 12.4. The van der Waals surface area contributed by atoms with Gasteiger partial charge in [0.25, 0.3) is 11.1 Å². The fourth-order valence-corrected chi connectivity index (χ4v) is 3.83. The van der Waals surface area contributed by atoms with Crippen molar-refractivity contribution in [3.63, 3.8) is 0 Å². The summed E-state index contributed by atoms with van der Waals surface area (Å²) in [4.78, 5) is 26.1. The Kier molecular flexibility index (Phi) is 7.34. The average molecular weight is 430 g/mol. The van der Waals surface area contributed by atoms with Crippen LogP contribution in [0, 0.1) is 0 Å². The first-order chi connectivity index (χ1) is 12.0. The normalized spacial score (nSPS) is 16.0. The van der Waals surface area contributed by atoms with Crippen molar-refractivity contribution in [2.24, 2.45) is 0 Å². The molecule has 2 rings (SSSR count). The van der Waals surface area contributed by atoms with Crippen molar-refractivity contribution in [2.75, 3.05) is 34.0 Å². The van der Waals surface area contributed by atoms with E-state index in [1.54, 1.807) is 26.4 Å². The molecule has 0 aliphatic carbocycles. The third-order valence-corrected chi connectivity index (χ3v) is 4.93. The number of ether oxygens (including phenoxy) is 3. The summed E-state index contributed by atoms with van der Waals surface area (Å²) in [6.07, 6.45) is 2.30. The Morgan fingerprint density at radius 1 is 1.28 bits per heavy atom. The van der Waals surface area contributed by atoms with Crippen LogP contribution >= 0.6 is 27.7 Å². The lowest BCUT2D eigenvalue weighted by molar-refractivity contribution is -0.122. The fourth-order valence-electron chi connectivity index (χ4n) is 2.34. The molecule has 1 heterocycles. The Labute approximate surface area is 159 Å². The molecule has 1 saturated heterocycles. The van der Waals surface area contributed by atoms with E-state index in [2.05, 4.69) is 15.9 Å². The largest absolute Gasteiger partial charge is 0.492 e. The first kappa shape index (κ1) is 19.8. The van der Waals surface area contributed by atoms with E-state index in [1.165, 1.54) is 4.90 Å². The lowest BCUT2D eigenvalue weighted by Crippen LogP contribution is -2.29. The number of nitrogens with zero attached hydrogens (tertiary/aromatic N) is 1. The Bertz CT molecular complexity index is 692. The molecule has 0 atom stereocenters. The first-order valence-electron chi connectivity index (χ1n) is 7.76. The summed E-state index contributed by atoms with van der Waals surface area (Å²) in [5.74, 6) is 0.882. The molecular formula is C17H20BrNO5S. The molecule has 1 aliphatic heterocycles. The van der Waals surface area contributed by atoms with E-state index in [0.29, 0.717) is 47.1 Å². The van der Waals surface area contributed by atoms with Crippen molar-refractivity contribution in [1.29, 1.82) is 0 Å². The zero-order valence-corrected chi connectivity index (χ0v) is 16.7. The SMILES string of the molecule is CCOc1cc(/C=C2/SC(=O)N(CCCOC)C2=O)cc(Br)c1OC. The molecular weight excluding hydrogens is 410 g/mol. The molecule has 0 bridgehead atoms. The predicted molar refractivity (Wildman–Crippen MR) is 101 cm³/mol. The van der Waals surface area contributed by atoms with E-state index in [4.69, 9.17) is 14.2 Å². The topological polar surface area (TPSA) is 65.1 Å². The summed E-state index contributed by atoms with van der Waals surface area (Å²) >= 11 is 4.38. The molecule has 2 amide bonds. The fraction of sp³-hybridized carbons (Fsp3) is 0.412. The maximum Gasteiger partial charge on any atom is 0.293 e. The van der Waals surface area contributed by atoms with Gasteiger partial charge in [0.1, 0.15) is 0 Å². The Morgan fingerprint density at radius 3 is 2.68 bits per heavy atom. The van der Waals surface area contributed by atoms with Gasteiger partial charge in [-0.25, -0.2) is 0 Å². The summed E-state index contributed by atoms with van der Waals surface area (Å²) in [6.45, 7) is 3.23. The van der Waals surface area contributed by atoms with Crippen molar-refractivity contribution >= 4 is 44.9 Å². The Hall–Kier alpha value is -1.51. The van der Waals surface area contributed by atoms with Crippen LogP contribution in [0.4, 0.5) is 4.79 Å². The molecule has 0 radical (unpaired) electrons. The van der Waals surface area contributed by atoms with Gasteiger partial charge in [-0.15, -0.1) is 0 Å². The van der Waals surface area contributed by atoms with Gasteiger partial charge in [0.2, 0.25) is 0 Å². The van der Waals surface area contributed by atoms with Crippen molar-refractivity contribution in [1.82, 2.24) is 4.90 Å². The van der Waals surface area contributed by atoms with E-state index in [1.807, 2.05) is 13.0 Å². The van der Waals surface area contributed by atoms with Crippen molar-refractivity contribution in [2.45, 2.75) is 13.3 Å². The van der Waals surface area contributed by atoms with Gasteiger partial charge in [0.15, 0.2) is 11.5 Å². The van der Waals surface area contributed by atoms with Gasteiger partial charge in [0, 0.05) is 20.3 Å². The van der Waals surface area contributed by atoms with Gasteiger partial charge in [-0.05, 0) is 64.8 Å². The van der Waals surface area contributed by atoms with Gasteiger partial charge < -0.3 is 14.2 Å². The summed E-state index contributed by atoms with van der Waals surface area (Å²) in [5.41, 5.74) is 0.749. The minimum atomic E-state index is -0.281. The number of halogens is 1. The van der Waals surface area contributed by atoms with Crippen LogP contribution in [0.5, 0.6) is 11.5 Å². The molecule has 1 aliphatic rings. The van der Waals surface area contributed by atoms with Crippen LogP contribution < -0.4 is 9.47 Å². The van der Waals surface area contributed by atoms with Crippen molar-refractivity contribution < 1.29 is 23.8 Å². The number of thioether (sulfide) groups is 1. The highest BCUT2D eigenvalue weighted by atomic mass is 79.9. The minimum Gasteiger partial charge on any atom is -0.492 e. The second-order valence-corrected chi connectivity index (χ2v) is 6.99. The number of benzene rings is 1. The van der Waals surface area contributed by atoms with Crippen LogP contribution in [-0.4, -0.2) is 50.0 Å². The van der Waals surface area contributed by atoms with Gasteiger partial charge in [-0.1, -0.05) is 0 Å². The van der Waals surface area contributed by atoms with E-state index in [-0.39, 0.29) is 11.1 Å². The summed E-state index contributed by atoms with van der Waals surface area (Å²) in [7, 11) is 3.15. The zero-order chi connectivity index (χ0) is 18.4. The molecule has 25 heavy (non-hydrogen) atoms. The summed E-state index contributed by atoms with van der Waals surface area (Å²) in [5, 5.41) is -0.259. The Balaban J connectivity index is 2.25. The number of carbonyl (C=O) groups is 2. The molecule has 1 aromatic carbocycles. The van der Waals surface area contributed by atoms with Crippen LogP contribution in [0.2, 0.25) is 0 Å². The summed E-state index contributed by atoms with van der Waals surface area (Å²) in [6, 6.07) is 3.60. The van der Waals surface area contributed by atoms with Crippen LogP contribution in [0.15, 0.2) is 21.5 Å². The second kappa shape index (κ2) is 9.26. The number of hydrogen-bond donors (Lipinski definition) is 0. The molecule has 0 saturated carbocycles. The van der Waals surface area contributed by atoms with Crippen LogP contribution in [0.25, 0.3) is 6.08 Å². The highest BCUT2D eigenvalue weighted by Crippen LogP contribution is 2.39. The van der Waals surface area contributed by atoms with Gasteiger partial charge in [-0.2, -0.15) is 0 Å². The van der Waals surface area contributed by atoms with Crippen LogP contribution in [0.1, 0.15) is 18.9 Å². The van der Waals surface area contributed by atoms with E-state index in [0.717, 1.165) is 17.3 Å². The summed E-state index contributed by atoms with van der Waals surface area (Å²) < 4.78 is 16.6. The molecule has 0 aromatic heterocycles. The molecule has 136 valence electrons. The highest BCUT2D eigenvalue weighted by molar-refractivity contribution is 9.10. The number of hydrogen-bond acceptors (Lipinski definition) is 6. The number of rotatable bonds is 8. The molecule has 0 spiro atoms. The van der Waals surface area contributed by atoms with Crippen LogP contribution in [0.3, 0.4) is 0 Å². The maximum absolute atomic E-state index is 12.4. The predicted octanol–water partition coefficient (Wildman–Crippen LogP) is 3.93. The number of methoxy groups -OCH3 is 2. The van der Waals surface area contributed by atoms with E-state index < -0.39 is 0 Å². The van der Waals surface area contributed by atoms with Crippen LogP contribution in [-0.2, 0) is 9.53 Å². The molecule has 8 heteroatoms. The minimum absolute atomic E-state index is 0.259. The third kappa shape index (κ3) is 4.77. The Morgan fingerprint density at radius 2 is 2.04 bits per heavy atom. The molecule has 1 aromatic rings. The lowest BCUT2D eigenvalue weighted by atomic mass is 10.2. The van der Waals surface area contributed by atoms with E-state index in [9.17, 15) is 9.59 Å². The quantitative estimate of drug-likeness (QED) is 0.460. The lowest BCUT2D eigenvalue weighted by Gasteiger charge is -2.12. The zero-order valence-electron chi connectivity index (χ0n) is 14.3.